The van der Waals surface area contributed by atoms with E-state index in [-0.39, 0.29) is 5.91 Å². The standard InChI is InChI=1S/C22H34N4OS/c1-16(2)14-26-18(4)21(17(3)24-26)12-22(27)23-13-19-7-9-25(10-8-19)15-20-6-5-11-28-20/h5-6,11,16,19H,7-10,12-15H2,1-4H3,(H,23,27). The molecule has 0 saturated carbocycles. The highest BCUT2D eigenvalue weighted by molar-refractivity contribution is 7.09. The van der Waals surface area contributed by atoms with Crippen LogP contribution in [0.2, 0.25) is 0 Å². The van der Waals surface area contributed by atoms with Gasteiger partial charge in [-0.1, -0.05) is 19.9 Å². The van der Waals surface area contributed by atoms with Gasteiger partial charge < -0.3 is 5.32 Å². The van der Waals surface area contributed by atoms with Crippen molar-refractivity contribution in [2.24, 2.45) is 11.8 Å². The summed E-state index contributed by atoms with van der Waals surface area (Å²) in [5.74, 6) is 1.26. The summed E-state index contributed by atoms with van der Waals surface area (Å²) in [6.45, 7) is 13.5. The van der Waals surface area contributed by atoms with E-state index in [0.29, 0.717) is 18.3 Å². The molecule has 2 aromatic heterocycles. The Morgan fingerprint density at radius 1 is 1.32 bits per heavy atom. The van der Waals surface area contributed by atoms with Crippen LogP contribution >= 0.6 is 11.3 Å². The average Bonchev–Trinajstić information content (AvgIpc) is 3.25. The molecular weight excluding hydrogens is 368 g/mol. The SMILES string of the molecule is Cc1nn(CC(C)C)c(C)c1CC(=O)NCC1CCN(Cc2cccs2)CC1. The number of nitrogens with one attached hydrogen (secondary N) is 1. The maximum absolute atomic E-state index is 12.5. The van der Waals surface area contributed by atoms with Crippen LogP contribution in [0.4, 0.5) is 0 Å². The Labute approximate surface area is 173 Å². The summed E-state index contributed by atoms with van der Waals surface area (Å²) >= 11 is 1.83. The number of thiophene rings is 1. The van der Waals surface area contributed by atoms with Gasteiger partial charge in [-0.3, -0.25) is 14.4 Å². The molecule has 1 fully saturated rings. The maximum atomic E-state index is 12.5. The zero-order valence-electron chi connectivity index (χ0n) is 17.7. The molecule has 1 amide bonds. The predicted octanol–water partition coefficient (Wildman–Crippen LogP) is 3.79. The largest absolute Gasteiger partial charge is 0.356 e. The summed E-state index contributed by atoms with van der Waals surface area (Å²) in [6.07, 6.45) is 2.76. The summed E-state index contributed by atoms with van der Waals surface area (Å²) in [4.78, 5) is 16.5. The topological polar surface area (TPSA) is 50.2 Å². The van der Waals surface area contributed by atoms with Crippen molar-refractivity contribution in [1.82, 2.24) is 20.0 Å². The molecule has 1 aliphatic rings. The number of nitrogens with zero attached hydrogens (tertiary/aromatic N) is 3. The first-order valence-corrected chi connectivity index (χ1v) is 11.3. The molecule has 0 aliphatic carbocycles. The van der Waals surface area contributed by atoms with Crippen LogP contribution in [0.1, 0.15) is 48.5 Å². The first kappa shape index (κ1) is 21.1. The van der Waals surface area contributed by atoms with Gasteiger partial charge in [-0.2, -0.15) is 5.10 Å². The van der Waals surface area contributed by atoms with E-state index >= 15 is 0 Å². The monoisotopic (exact) mass is 402 g/mol. The van der Waals surface area contributed by atoms with E-state index in [0.717, 1.165) is 62.5 Å². The van der Waals surface area contributed by atoms with Crippen molar-refractivity contribution >= 4 is 17.2 Å². The highest BCUT2D eigenvalue weighted by Crippen LogP contribution is 2.20. The number of hydrogen-bond acceptors (Lipinski definition) is 4. The lowest BCUT2D eigenvalue weighted by Gasteiger charge is -2.31. The molecule has 0 spiro atoms. The van der Waals surface area contributed by atoms with Crippen molar-refractivity contribution in [3.05, 3.63) is 39.3 Å². The second kappa shape index (κ2) is 9.70. The van der Waals surface area contributed by atoms with Crippen LogP contribution in [0.15, 0.2) is 17.5 Å². The summed E-state index contributed by atoms with van der Waals surface area (Å²) in [6, 6.07) is 4.34. The number of piperidine rings is 1. The van der Waals surface area contributed by atoms with Gasteiger partial charge >= 0.3 is 0 Å². The van der Waals surface area contributed by atoms with E-state index in [4.69, 9.17) is 0 Å². The van der Waals surface area contributed by atoms with Gasteiger partial charge in [0.1, 0.15) is 0 Å². The van der Waals surface area contributed by atoms with Crippen LogP contribution in [0.3, 0.4) is 0 Å². The summed E-state index contributed by atoms with van der Waals surface area (Å²) < 4.78 is 2.05. The first-order valence-electron chi connectivity index (χ1n) is 10.5. The lowest BCUT2D eigenvalue weighted by atomic mass is 9.96. The molecule has 2 aromatic rings. The van der Waals surface area contributed by atoms with Gasteiger partial charge in [0.25, 0.3) is 0 Å². The van der Waals surface area contributed by atoms with E-state index in [1.807, 2.05) is 22.9 Å². The van der Waals surface area contributed by atoms with Gasteiger partial charge in [0.05, 0.1) is 12.1 Å². The fourth-order valence-corrected chi connectivity index (χ4v) is 4.71. The molecule has 0 bridgehead atoms. The molecule has 5 nitrogen and oxygen atoms in total. The third-order valence-electron chi connectivity index (χ3n) is 5.66. The van der Waals surface area contributed by atoms with E-state index in [1.54, 1.807) is 0 Å². The van der Waals surface area contributed by atoms with Crippen molar-refractivity contribution in [2.75, 3.05) is 19.6 Å². The number of hydrogen-bond donors (Lipinski definition) is 1. The molecule has 3 rings (SSSR count). The van der Waals surface area contributed by atoms with Crippen molar-refractivity contribution in [1.29, 1.82) is 0 Å². The zero-order chi connectivity index (χ0) is 20.1. The molecular formula is C22H34N4OS. The Bertz CT molecular complexity index is 758. The Balaban J connectivity index is 1.42. The number of carbonyl (C=O) groups is 1. The number of likely N-dealkylation sites (tertiary alicyclic amines) is 1. The maximum Gasteiger partial charge on any atom is 0.224 e. The minimum Gasteiger partial charge on any atom is -0.356 e. The van der Waals surface area contributed by atoms with Crippen molar-refractivity contribution in [3.63, 3.8) is 0 Å². The Hall–Kier alpha value is -1.66. The fourth-order valence-electron chi connectivity index (χ4n) is 3.97. The molecule has 0 atom stereocenters. The fraction of sp³-hybridized carbons (Fsp3) is 0.636. The van der Waals surface area contributed by atoms with Crippen LogP contribution < -0.4 is 5.32 Å². The minimum atomic E-state index is 0.122. The van der Waals surface area contributed by atoms with Crippen LogP contribution in [0, 0.1) is 25.7 Å². The van der Waals surface area contributed by atoms with Crippen LogP contribution in [0.5, 0.6) is 0 Å². The highest BCUT2D eigenvalue weighted by atomic mass is 32.1. The van der Waals surface area contributed by atoms with Gasteiger partial charge in [0.15, 0.2) is 0 Å². The molecule has 3 heterocycles. The van der Waals surface area contributed by atoms with Gasteiger partial charge in [-0.15, -0.1) is 11.3 Å². The Morgan fingerprint density at radius 2 is 2.07 bits per heavy atom. The summed E-state index contributed by atoms with van der Waals surface area (Å²) in [5.41, 5.74) is 3.20. The van der Waals surface area contributed by atoms with Gasteiger partial charge in [-0.05, 0) is 63.1 Å². The quantitative estimate of drug-likeness (QED) is 0.731. The van der Waals surface area contributed by atoms with Crippen molar-refractivity contribution in [3.8, 4) is 0 Å². The second-order valence-corrected chi connectivity index (χ2v) is 9.54. The molecule has 6 heteroatoms. The van der Waals surface area contributed by atoms with E-state index in [9.17, 15) is 4.79 Å². The second-order valence-electron chi connectivity index (χ2n) is 8.51. The first-order chi connectivity index (χ1) is 13.4. The Morgan fingerprint density at radius 3 is 2.71 bits per heavy atom. The molecule has 0 radical (unpaired) electrons. The van der Waals surface area contributed by atoms with Crippen molar-refractivity contribution < 1.29 is 4.79 Å². The number of rotatable bonds is 8. The van der Waals surface area contributed by atoms with Crippen LogP contribution in [-0.4, -0.2) is 40.2 Å². The highest BCUT2D eigenvalue weighted by Gasteiger charge is 2.21. The molecule has 1 N–H and O–H groups in total. The molecule has 1 aliphatic heterocycles. The molecule has 0 aromatic carbocycles. The number of aryl methyl sites for hydroxylation is 1. The average molecular weight is 403 g/mol. The summed E-state index contributed by atoms with van der Waals surface area (Å²) in [5, 5.41) is 9.94. The normalized spacial score (nSPS) is 16.0. The molecule has 28 heavy (non-hydrogen) atoms. The molecule has 0 unspecified atom stereocenters. The van der Waals surface area contributed by atoms with Crippen molar-refractivity contribution in [2.45, 2.75) is 60.0 Å². The van der Waals surface area contributed by atoms with Crippen LogP contribution in [-0.2, 0) is 24.3 Å². The summed E-state index contributed by atoms with van der Waals surface area (Å²) in [7, 11) is 0. The third-order valence-corrected chi connectivity index (χ3v) is 6.52. The Kier molecular flexibility index (Phi) is 7.30. The third kappa shape index (κ3) is 5.67. The number of amides is 1. The minimum absolute atomic E-state index is 0.122. The van der Waals surface area contributed by atoms with Gasteiger partial charge in [0, 0.05) is 35.8 Å². The smallest absolute Gasteiger partial charge is 0.224 e. The van der Waals surface area contributed by atoms with Gasteiger partial charge in [-0.25, -0.2) is 0 Å². The van der Waals surface area contributed by atoms with E-state index in [1.165, 1.54) is 4.88 Å². The zero-order valence-corrected chi connectivity index (χ0v) is 18.5. The van der Waals surface area contributed by atoms with E-state index < -0.39 is 0 Å². The van der Waals surface area contributed by atoms with E-state index in [2.05, 4.69) is 53.6 Å². The van der Waals surface area contributed by atoms with Gasteiger partial charge in [0.2, 0.25) is 5.91 Å². The lowest BCUT2D eigenvalue weighted by molar-refractivity contribution is -0.120. The number of carbonyl (C=O) groups excluding carboxylic acids is 1. The number of aromatic nitrogens is 2. The molecule has 154 valence electrons. The predicted molar refractivity (Wildman–Crippen MR) is 116 cm³/mol. The lowest BCUT2D eigenvalue weighted by Crippen LogP contribution is -2.38. The van der Waals surface area contributed by atoms with Crippen LogP contribution in [0.25, 0.3) is 0 Å². The molecule has 1 saturated heterocycles.